The fourth-order valence-corrected chi connectivity index (χ4v) is 7.12. The molecule has 3 aliphatic heterocycles. The number of halogens is 1. The number of hydrogen-bond donors (Lipinski definition) is 4. The lowest BCUT2D eigenvalue weighted by atomic mass is 10.1. The van der Waals surface area contributed by atoms with Crippen molar-refractivity contribution in [1.29, 1.82) is 0 Å². The van der Waals surface area contributed by atoms with Gasteiger partial charge < -0.3 is 25.8 Å². The van der Waals surface area contributed by atoms with E-state index >= 15 is 4.39 Å². The molecule has 8 atom stereocenters. The van der Waals surface area contributed by atoms with Crippen molar-refractivity contribution in [1.82, 2.24) is 43.8 Å². The first kappa shape index (κ1) is 28.3. The maximum atomic E-state index is 15.8. The molecule has 4 aromatic heterocycles. The molecule has 0 aliphatic carbocycles. The molecule has 0 aromatic carbocycles. The summed E-state index contributed by atoms with van der Waals surface area (Å²) in [6, 6.07) is 0. The van der Waals surface area contributed by atoms with Gasteiger partial charge in [-0.2, -0.15) is 13.1 Å². The van der Waals surface area contributed by atoms with Crippen LogP contribution in [0.25, 0.3) is 22.3 Å². The number of nitrogens with two attached hydrogens (primary N) is 2. The summed E-state index contributed by atoms with van der Waals surface area (Å²) in [5, 5.41) is 0. The second kappa shape index (κ2) is 10.3. The Morgan fingerprint density at radius 3 is 2.30 bits per heavy atom. The van der Waals surface area contributed by atoms with E-state index in [9.17, 15) is 17.9 Å². The van der Waals surface area contributed by atoms with Crippen molar-refractivity contribution in [2.75, 3.05) is 24.6 Å². The van der Waals surface area contributed by atoms with Crippen molar-refractivity contribution in [3.05, 3.63) is 25.3 Å². The van der Waals surface area contributed by atoms with E-state index in [1.165, 1.54) is 28.1 Å². The van der Waals surface area contributed by atoms with Crippen LogP contribution in [0.1, 0.15) is 18.9 Å². The second-order valence-electron chi connectivity index (χ2n) is 9.81. The molecule has 3 aliphatic rings. The fourth-order valence-electron chi connectivity index (χ4n) is 5.20. The number of nitrogens with one attached hydrogen (secondary N) is 1. The lowest BCUT2D eigenvalue weighted by molar-refractivity contribution is -0.0494. The van der Waals surface area contributed by atoms with E-state index < -0.39 is 74.3 Å². The molecule has 4 aromatic rings. The molecule has 0 amide bonds. The lowest BCUT2D eigenvalue weighted by Crippen LogP contribution is -2.44. The number of nitrogens with zero attached hydrogens (tertiary/aromatic N) is 8. The van der Waals surface area contributed by atoms with Gasteiger partial charge in [-0.25, -0.2) is 43.0 Å². The van der Waals surface area contributed by atoms with Crippen LogP contribution in [0.4, 0.5) is 16.0 Å². The minimum Gasteiger partial charge on any atom is -0.382 e. The van der Waals surface area contributed by atoms with Crippen molar-refractivity contribution in [2.24, 2.45) is 0 Å². The second-order valence-corrected chi connectivity index (χ2v) is 12.6. The van der Waals surface area contributed by atoms with Crippen LogP contribution in [0.15, 0.2) is 25.3 Å². The van der Waals surface area contributed by atoms with Crippen molar-refractivity contribution in [2.45, 2.75) is 49.5 Å². The molecular weight excluding hydrogens is 620 g/mol. The smallest absolute Gasteiger partial charge is 0.382 e. The molecule has 230 valence electrons. The predicted octanol–water partition coefficient (Wildman–Crippen LogP) is -0.911. The molecule has 8 unspecified atom stereocenters. The summed E-state index contributed by atoms with van der Waals surface area (Å²) in [5.41, 5.74) is 12.5. The molecule has 43 heavy (non-hydrogen) atoms. The Bertz CT molecular complexity index is 1860. The summed E-state index contributed by atoms with van der Waals surface area (Å²) in [6.07, 6.45) is -5.16. The zero-order valence-corrected chi connectivity index (χ0v) is 23.4. The Balaban J connectivity index is 1.15. The number of phosphoric ester groups is 1. The minimum absolute atomic E-state index is 0.0296. The van der Waals surface area contributed by atoms with E-state index in [1.807, 2.05) is 0 Å². The van der Waals surface area contributed by atoms with Gasteiger partial charge in [-0.05, 0) is 0 Å². The van der Waals surface area contributed by atoms with Gasteiger partial charge in [0.2, 0.25) is 0 Å². The Hall–Kier alpha value is -3.47. The SMILES string of the molecule is Nc1ncnc2c1ncn2C1CC2OP(=O)(O)OCC3OC(n4cnc5c(N)ncnc54)C(F)C3OS(=O)(=O)NCC2O1. The maximum absolute atomic E-state index is 15.8. The van der Waals surface area contributed by atoms with Gasteiger partial charge in [-0.15, -0.1) is 0 Å². The van der Waals surface area contributed by atoms with E-state index in [-0.39, 0.29) is 29.2 Å². The Morgan fingerprint density at radius 1 is 0.953 bits per heavy atom. The quantitative estimate of drug-likeness (QED) is 0.192. The normalized spacial score (nSPS) is 34.9. The Morgan fingerprint density at radius 2 is 1.60 bits per heavy atom. The minimum atomic E-state index is -4.84. The van der Waals surface area contributed by atoms with Crippen molar-refractivity contribution in [3.8, 4) is 0 Å². The third kappa shape index (κ3) is 5.09. The fraction of sp³-hybridized carbons (Fsp3) is 0.500. The number of ether oxygens (including phenoxy) is 2. The van der Waals surface area contributed by atoms with Crippen molar-refractivity contribution < 1.29 is 45.0 Å². The number of nitrogen functional groups attached to an aromatic ring is 2. The van der Waals surface area contributed by atoms with Crippen LogP contribution in [0.5, 0.6) is 0 Å². The molecule has 0 spiro atoms. The molecular formula is C20H23FN11O9PS. The average Bonchev–Trinajstić information content (AvgIpc) is 3.72. The molecule has 7 rings (SSSR count). The van der Waals surface area contributed by atoms with E-state index in [4.69, 9.17) is 34.2 Å². The monoisotopic (exact) mass is 643 g/mol. The number of anilines is 2. The third-order valence-corrected chi connectivity index (χ3v) is 9.18. The van der Waals surface area contributed by atoms with Crippen LogP contribution >= 0.6 is 7.82 Å². The average molecular weight is 644 g/mol. The number of phosphoric acid groups is 1. The highest BCUT2D eigenvalue weighted by atomic mass is 32.2. The van der Waals surface area contributed by atoms with Crippen molar-refractivity contribution in [3.63, 3.8) is 0 Å². The van der Waals surface area contributed by atoms with Gasteiger partial charge in [0.1, 0.15) is 54.3 Å². The van der Waals surface area contributed by atoms with E-state index in [0.29, 0.717) is 11.2 Å². The third-order valence-electron chi connectivity index (χ3n) is 7.18. The lowest BCUT2D eigenvalue weighted by Gasteiger charge is -2.25. The molecule has 3 saturated heterocycles. The first-order chi connectivity index (χ1) is 20.5. The zero-order valence-electron chi connectivity index (χ0n) is 21.7. The number of aromatic nitrogens is 8. The highest BCUT2D eigenvalue weighted by molar-refractivity contribution is 7.84. The van der Waals surface area contributed by atoms with Gasteiger partial charge in [0.05, 0.1) is 19.3 Å². The zero-order chi connectivity index (χ0) is 30.1. The van der Waals surface area contributed by atoms with E-state index in [2.05, 4.69) is 34.6 Å². The first-order valence-corrected chi connectivity index (χ1v) is 15.5. The van der Waals surface area contributed by atoms with Crippen LogP contribution in [0.2, 0.25) is 0 Å². The summed E-state index contributed by atoms with van der Waals surface area (Å²) >= 11 is 0. The van der Waals surface area contributed by atoms with Crippen molar-refractivity contribution >= 4 is 52.1 Å². The summed E-state index contributed by atoms with van der Waals surface area (Å²) in [4.78, 5) is 34.7. The Labute approximate surface area is 240 Å². The van der Waals surface area contributed by atoms with E-state index in [0.717, 1.165) is 6.33 Å². The van der Waals surface area contributed by atoms with Gasteiger partial charge in [0.15, 0.2) is 35.3 Å². The molecule has 0 radical (unpaired) electrons. The van der Waals surface area contributed by atoms with Gasteiger partial charge in [0, 0.05) is 13.0 Å². The number of hydrogen-bond acceptors (Lipinski definition) is 16. The van der Waals surface area contributed by atoms with Gasteiger partial charge >= 0.3 is 18.1 Å². The molecule has 20 nitrogen and oxygen atoms in total. The number of imidazole rings is 2. The standard InChI is InChI=1S/C20H23FN11O9PS/c21-12-15-10(39-20(12)32-7-29-14-17(23)25-5-27-19(14)32)3-37-42(33,34)40-8-1-11(38-9(8)2-30-43(35,36)41-15)31-6-28-13-16(22)24-4-26-18(13)31/h4-12,15,20,30H,1-3H2,(H,33,34)(H2,22,24,26)(H2,23,25,27). The topological polar surface area (TPSA) is 269 Å². The van der Waals surface area contributed by atoms with Gasteiger partial charge in [0.25, 0.3) is 0 Å². The van der Waals surface area contributed by atoms with E-state index in [1.54, 1.807) is 0 Å². The Kier molecular flexibility index (Phi) is 6.79. The summed E-state index contributed by atoms with van der Waals surface area (Å²) in [5.74, 6) is 0.157. The van der Waals surface area contributed by atoms with Crippen LogP contribution in [0.3, 0.4) is 0 Å². The highest BCUT2D eigenvalue weighted by Crippen LogP contribution is 2.50. The van der Waals surface area contributed by atoms with Crippen LogP contribution < -0.4 is 16.2 Å². The van der Waals surface area contributed by atoms with Crippen LogP contribution in [-0.2, 0) is 37.6 Å². The highest BCUT2D eigenvalue weighted by Gasteiger charge is 2.52. The largest absolute Gasteiger partial charge is 0.472 e. The van der Waals surface area contributed by atoms with Crippen LogP contribution in [-0.4, -0.2) is 96.1 Å². The maximum Gasteiger partial charge on any atom is 0.472 e. The van der Waals surface area contributed by atoms with Gasteiger partial charge in [-0.1, -0.05) is 0 Å². The molecule has 3 fully saturated rings. The number of alkyl halides is 1. The van der Waals surface area contributed by atoms with Crippen LogP contribution in [0, 0.1) is 0 Å². The van der Waals surface area contributed by atoms with Gasteiger partial charge in [-0.3, -0.25) is 18.2 Å². The molecule has 0 bridgehead atoms. The molecule has 23 heteroatoms. The summed E-state index contributed by atoms with van der Waals surface area (Å²) in [6.45, 7) is -1.26. The molecule has 0 saturated carbocycles. The molecule has 6 N–H and O–H groups in total. The summed E-state index contributed by atoms with van der Waals surface area (Å²) in [7, 11) is -9.47. The number of rotatable bonds is 2. The number of fused-ring (bicyclic) bond motifs is 4. The predicted molar refractivity (Wildman–Crippen MR) is 139 cm³/mol. The summed E-state index contributed by atoms with van der Waals surface area (Å²) < 4.78 is 87.1. The first-order valence-electron chi connectivity index (χ1n) is 12.6. The molecule has 7 heterocycles.